The van der Waals surface area contributed by atoms with Gasteiger partial charge in [-0.25, -0.2) is 9.78 Å². The summed E-state index contributed by atoms with van der Waals surface area (Å²) < 4.78 is 42.8. The zero-order valence-corrected chi connectivity index (χ0v) is 12.4. The number of aromatic nitrogens is 2. The van der Waals surface area contributed by atoms with Crippen LogP contribution in [0, 0.1) is 0 Å². The molecule has 128 valence electrons. The van der Waals surface area contributed by atoms with Gasteiger partial charge in [-0.15, -0.1) is 0 Å². The Morgan fingerprint density at radius 2 is 2.13 bits per heavy atom. The van der Waals surface area contributed by atoms with Crippen LogP contribution in [0.3, 0.4) is 0 Å². The van der Waals surface area contributed by atoms with Crippen LogP contribution in [0.15, 0.2) is 10.9 Å². The molecule has 2 N–H and O–H groups in total. The Kier molecular flexibility index (Phi) is 5.12. The summed E-state index contributed by atoms with van der Waals surface area (Å²) in [5.74, 6) is -0.223. The predicted molar refractivity (Wildman–Crippen MR) is 75.1 cm³/mol. The van der Waals surface area contributed by atoms with Crippen molar-refractivity contribution in [3.05, 3.63) is 22.1 Å². The highest BCUT2D eigenvalue weighted by atomic mass is 19.4. The van der Waals surface area contributed by atoms with Gasteiger partial charge in [-0.1, -0.05) is 0 Å². The number of alkyl halides is 3. The van der Waals surface area contributed by atoms with E-state index in [1.807, 2.05) is 0 Å². The lowest BCUT2D eigenvalue weighted by Crippen LogP contribution is -2.43. The van der Waals surface area contributed by atoms with Gasteiger partial charge >= 0.3 is 12.3 Å². The van der Waals surface area contributed by atoms with E-state index in [0.29, 0.717) is 32.0 Å². The smallest absolute Gasteiger partial charge is 0.433 e. The van der Waals surface area contributed by atoms with Crippen LogP contribution in [0.25, 0.3) is 0 Å². The van der Waals surface area contributed by atoms with Crippen molar-refractivity contribution in [2.45, 2.75) is 32.0 Å². The molecule has 2 heterocycles. The molecule has 0 unspecified atom stereocenters. The number of ether oxygens (including phenoxy) is 1. The maximum Gasteiger partial charge on any atom is 0.433 e. The molecule has 1 amide bonds. The Labute approximate surface area is 129 Å². The van der Waals surface area contributed by atoms with Gasteiger partial charge in [0, 0.05) is 25.2 Å². The summed E-state index contributed by atoms with van der Waals surface area (Å²) in [5.41, 5.74) is -2.12. The van der Waals surface area contributed by atoms with Crippen LogP contribution in [-0.4, -0.2) is 46.7 Å². The van der Waals surface area contributed by atoms with E-state index in [1.54, 1.807) is 6.92 Å². The Balaban J connectivity index is 1.98. The van der Waals surface area contributed by atoms with Crippen molar-refractivity contribution >= 4 is 12.0 Å². The van der Waals surface area contributed by atoms with E-state index in [-0.39, 0.29) is 18.6 Å². The number of nitrogens with one attached hydrogen (secondary N) is 2. The van der Waals surface area contributed by atoms with E-state index >= 15 is 0 Å². The molecule has 0 saturated carbocycles. The first-order valence-corrected chi connectivity index (χ1v) is 7.16. The highest BCUT2D eigenvalue weighted by Crippen LogP contribution is 2.27. The van der Waals surface area contributed by atoms with Crippen molar-refractivity contribution in [3.8, 4) is 0 Å². The molecule has 0 radical (unpaired) electrons. The lowest BCUT2D eigenvalue weighted by Gasteiger charge is -2.31. The Morgan fingerprint density at radius 1 is 1.48 bits per heavy atom. The standard InChI is InChI=1S/C13H17F3N4O3/c1-2-23-12(22)20-5-3-8(4-6-20)17-11-18-9(13(14,15)16)7-10(21)19-11/h7-8H,2-6H2,1H3,(H2,17,18,19,21). The Hall–Kier alpha value is -2.26. The number of anilines is 1. The lowest BCUT2D eigenvalue weighted by atomic mass is 10.1. The molecule has 0 spiro atoms. The van der Waals surface area contributed by atoms with E-state index in [4.69, 9.17) is 4.74 Å². The highest BCUT2D eigenvalue weighted by Gasteiger charge is 2.33. The second-order valence-corrected chi connectivity index (χ2v) is 5.08. The molecule has 1 aromatic heterocycles. The zero-order chi connectivity index (χ0) is 17.0. The minimum atomic E-state index is -4.68. The van der Waals surface area contributed by atoms with E-state index in [9.17, 15) is 22.8 Å². The molecule has 1 fully saturated rings. The molecule has 1 saturated heterocycles. The van der Waals surface area contributed by atoms with Crippen LogP contribution < -0.4 is 10.9 Å². The maximum atomic E-state index is 12.6. The van der Waals surface area contributed by atoms with Crippen molar-refractivity contribution in [1.82, 2.24) is 14.9 Å². The number of amides is 1. The first kappa shape index (κ1) is 17.1. The van der Waals surface area contributed by atoms with Gasteiger partial charge in [-0.2, -0.15) is 13.2 Å². The zero-order valence-electron chi connectivity index (χ0n) is 12.4. The number of halogens is 3. The minimum absolute atomic E-state index is 0.188. The number of aromatic amines is 1. The molecule has 0 aliphatic carbocycles. The van der Waals surface area contributed by atoms with Gasteiger partial charge in [0.1, 0.15) is 0 Å². The van der Waals surface area contributed by atoms with Gasteiger partial charge in [0.15, 0.2) is 5.69 Å². The van der Waals surface area contributed by atoms with Crippen molar-refractivity contribution in [2.75, 3.05) is 25.0 Å². The monoisotopic (exact) mass is 334 g/mol. The van der Waals surface area contributed by atoms with Gasteiger partial charge in [0.25, 0.3) is 5.56 Å². The number of hydrogen-bond donors (Lipinski definition) is 2. The van der Waals surface area contributed by atoms with Gasteiger partial charge in [-0.05, 0) is 19.8 Å². The van der Waals surface area contributed by atoms with E-state index < -0.39 is 23.5 Å². The van der Waals surface area contributed by atoms with Crippen LogP contribution in [0.5, 0.6) is 0 Å². The highest BCUT2D eigenvalue weighted by molar-refractivity contribution is 5.67. The van der Waals surface area contributed by atoms with E-state index in [2.05, 4.69) is 15.3 Å². The SMILES string of the molecule is CCOC(=O)N1CCC(Nc2nc(C(F)(F)F)cc(=O)[nH]2)CC1. The molecule has 1 aliphatic rings. The minimum Gasteiger partial charge on any atom is -0.450 e. The molecular weight excluding hydrogens is 317 g/mol. The number of rotatable bonds is 3. The Bertz CT molecular complexity index is 609. The third kappa shape index (κ3) is 4.60. The van der Waals surface area contributed by atoms with Gasteiger partial charge in [0.2, 0.25) is 5.95 Å². The van der Waals surface area contributed by atoms with Crippen LogP contribution in [0.1, 0.15) is 25.5 Å². The largest absolute Gasteiger partial charge is 0.450 e. The number of carbonyl (C=O) groups is 1. The number of likely N-dealkylation sites (tertiary alicyclic amines) is 1. The fourth-order valence-electron chi connectivity index (χ4n) is 2.29. The first-order valence-electron chi connectivity index (χ1n) is 7.16. The summed E-state index contributed by atoms with van der Waals surface area (Å²) >= 11 is 0. The molecule has 0 bridgehead atoms. The molecule has 10 heteroatoms. The number of H-pyrrole nitrogens is 1. The predicted octanol–water partition coefficient (Wildman–Crippen LogP) is 1.82. The topological polar surface area (TPSA) is 87.3 Å². The molecule has 23 heavy (non-hydrogen) atoms. The average molecular weight is 334 g/mol. The van der Waals surface area contributed by atoms with Gasteiger partial charge in [0.05, 0.1) is 6.61 Å². The fourth-order valence-corrected chi connectivity index (χ4v) is 2.29. The number of nitrogens with zero attached hydrogens (tertiary/aromatic N) is 2. The van der Waals surface area contributed by atoms with Crippen molar-refractivity contribution in [1.29, 1.82) is 0 Å². The number of carbonyl (C=O) groups excluding carboxylic acids is 1. The summed E-state index contributed by atoms with van der Waals surface area (Å²) in [6, 6.07) is 0.224. The summed E-state index contributed by atoms with van der Waals surface area (Å²) in [5, 5.41) is 2.78. The van der Waals surface area contributed by atoms with Crippen LogP contribution in [-0.2, 0) is 10.9 Å². The Morgan fingerprint density at radius 3 is 2.70 bits per heavy atom. The van der Waals surface area contributed by atoms with Crippen molar-refractivity contribution < 1.29 is 22.7 Å². The third-order valence-corrected chi connectivity index (χ3v) is 3.39. The summed E-state index contributed by atoms with van der Waals surface area (Å²) in [6.07, 6.45) is -4.06. The molecule has 2 rings (SSSR count). The molecule has 7 nitrogen and oxygen atoms in total. The second kappa shape index (κ2) is 6.88. The van der Waals surface area contributed by atoms with Crippen molar-refractivity contribution in [2.24, 2.45) is 0 Å². The van der Waals surface area contributed by atoms with Gasteiger partial charge < -0.3 is 15.0 Å². The third-order valence-electron chi connectivity index (χ3n) is 3.39. The van der Waals surface area contributed by atoms with Gasteiger partial charge in [-0.3, -0.25) is 9.78 Å². The van der Waals surface area contributed by atoms with Crippen LogP contribution in [0.4, 0.5) is 23.9 Å². The molecule has 0 atom stereocenters. The van der Waals surface area contributed by atoms with Crippen molar-refractivity contribution in [3.63, 3.8) is 0 Å². The fraction of sp³-hybridized carbons (Fsp3) is 0.615. The van der Waals surface area contributed by atoms with E-state index in [1.165, 1.54) is 4.90 Å². The molecule has 0 aromatic carbocycles. The molecule has 1 aliphatic heterocycles. The molecule has 1 aromatic rings. The van der Waals surface area contributed by atoms with Crippen LogP contribution >= 0.6 is 0 Å². The summed E-state index contributed by atoms with van der Waals surface area (Å²) in [6.45, 7) is 2.83. The lowest BCUT2D eigenvalue weighted by molar-refractivity contribution is -0.141. The summed E-state index contributed by atoms with van der Waals surface area (Å²) in [7, 11) is 0. The normalized spacial score (nSPS) is 16.3. The summed E-state index contributed by atoms with van der Waals surface area (Å²) in [4.78, 5) is 30.0. The molecular formula is C13H17F3N4O3. The second-order valence-electron chi connectivity index (χ2n) is 5.08. The van der Waals surface area contributed by atoms with Crippen LogP contribution in [0.2, 0.25) is 0 Å². The number of piperidine rings is 1. The first-order chi connectivity index (χ1) is 10.8. The quantitative estimate of drug-likeness (QED) is 0.880. The van der Waals surface area contributed by atoms with E-state index in [0.717, 1.165) is 0 Å². The average Bonchev–Trinajstić information content (AvgIpc) is 2.46. The number of hydrogen-bond acceptors (Lipinski definition) is 5. The maximum absolute atomic E-state index is 12.6.